The van der Waals surface area contributed by atoms with Crippen LogP contribution in [0.4, 0.5) is 24.7 Å². The maximum Gasteiger partial charge on any atom is 0.435 e. The van der Waals surface area contributed by atoms with Crippen molar-refractivity contribution in [1.82, 2.24) is 19.7 Å². The number of nitrogens with one attached hydrogen (secondary N) is 1. The van der Waals surface area contributed by atoms with Gasteiger partial charge in [-0.1, -0.05) is 41.9 Å². The van der Waals surface area contributed by atoms with Crippen LogP contribution in [0.3, 0.4) is 0 Å². The lowest BCUT2D eigenvalue weighted by Gasteiger charge is -2.16. The fraction of sp³-hybridized carbons (Fsp3) is 0.0769. The van der Waals surface area contributed by atoms with E-state index in [1.807, 2.05) is 0 Å². The van der Waals surface area contributed by atoms with E-state index in [0.717, 1.165) is 4.68 Å². The van der Waals surface area contributed by atoms with Crippen LogP contribution in [0.25, 0.3) is 27.8 Å². The van der Waals surface area contributed by atoms with E-state index in [4.69, 9.17) is 11.6 Å². The molecule has 0 fully saturated rings. The molecule has 0 radical (unpaired) electrons. The molecule has 2 heterocycles. The van der Waals surface area contributed by atoms with Crippen molar-refractivity contribution in [1.29, 1.82) is 0 Å². The Morgan fingerprint density at radius 1 is 1.00 bits per heavy atom. The number of anilines is 2. The quantitative estimate of drug-likeness (QED) is 0.260. The van der Waals surface area contributed by atoms with E-state index in [1.165, 1.54) is 42.7 Å². The predicted octanol–water partition coefficient (Wildman–Crippen LogP) is 6.90. The molecule has 7 nitrogen and oxygen atoms in total. The minimum absolute atomic E-state index is 0.0151. The Balaban J connectivity index is 1.86. The van der Waals surface area contributed by atoms with Gasteiger partial charge in [-0.15, -0.1) is 0 Å². The van der Waals surface area contributed by atoms with E-state index in [9.17, 15) is 23.1 Å². The molecule has 0 atom stereocenters. The van der Waals surface area contributed by atoms with Gasteiger partial charge in [0, 0.05) is 12.4 Å². The molecular weight excluding hydrogens is 507 g/mol. The first-order valence-electron chi connectivity index (χ1n) is 10.9. The molecule has 2 aromatic heterocycles. The van der Waals surface area contributed by atoms with Gasteiger partial charge in [-0.2, -0.15) is 18.3 Å². The molecule has 0 amide bonds. The highest BCUT2D eigenvalue weighted by molar-refractivity contribution is 6.34. The van der Waals surface area contributed by atoms with Crippen molar-refractivity contribution in [2.45, 2.75) is 13.1 Å². The Kier molecular flexibility index (Phi) is 6.04. The summed E-state index contributed by atoms with van der Waals surface area (Å²) in [5.74, 6) is -1.41. The van der Waals surface area contributed by atoms with E-state index < -0.39 is 17.8 Å². The third-order valence-electron chi connectivity index (χ3n) is 5.74. The van der Waals surface area contributed by atoms with Crippen LogP contribution >= 0.6 is 11.6 Å². The van der Waals surface area contributed by atoms with Crippen molar-refractivity contribution in [2.75, 3.05) is 5.32 Å². The number of carboxylic acids is 1. The van der Waals surface area contributed by atoms with Crippen LogP contribution in [0.2, 0.25) is 5.02 Å². The first-order valence-corrected chi connectivity index (χ1v) is 11.3. The van der Waals surface area contributed by atoms with Crippen LogP contribution < -0.4 is 5.32 Å². The number of alkyl halides is 3. The summed E-state index contributed by atoms with van der Waals surface area (Å²) in [6.07, 6.45) is -1.92. The Labute approximate surface area is 213 Å². The highest BCUT2D eigenvalue weighted by Gasteiger charge is 2.40. The fourth-order valence-corrected chi connectivity index (χ4v) is 4.27. The summed E-state index contributed by atoms with van der Waals surface area (Å²) in [5, 5.41) is 16.6. The summed E-state index contributed by atoms with van der Waals surface area (Å²) < 4.78 is 44.4. The van der Waals surface area contributed by atoms with Crippen LogP contribution in [-0.2, 0) is 6.18 Å². The van der Waals surface area contributed by atoms with Crippen LogP contribution in [-0.4, -0.2) is 30.8 Å². The number of nitrogens with zero attached hydrogens (tertiary/aromatic N) is 4. The zero-order chi connectivity index (χ0) is 26.3. The van der Waals surface area contributed by atoms with Crippen LogP contribution in [0.15, 0.2) is 73.1 Å². The Morgan fingerprint density at radius 2 is 1.73 bits per heavy atom. The average Bonchev–Trinajstić information content (AvgIpc) is 3.24. The van der Waals surface area contributed by atoms with Crippen molar-refractivity contribution < 1.29 is 23.1 Å². The normalized spacial score (nSPS) is 11.6. The Bertz CT molecular complexity index is 1670. The second-order valence-electron chi connectivity index (χ2n) is 8.12. The number of aromatic carboxylic acids is 1. The summed E-state index contributed by atoms with van der Waals surface area (Å²) in [4.78, 5) is 20.3. The molecule has 0 bridgehead atoms. The summed E-state index contributed by atoms with van der Waals surface area (Å²) in [6, 6.07) is 15.5. The monoisotopic (exact) mass is 523 g/mol. The molecule has 3 aromatic carbocycles. The number of rotatable bonds is 5. The number of carbonyl (C=O) groups is 1. The maximum absolute atomic E-state index is 14.4. The highest BCUT2D eigenvalue weighted by Crippen LogP contribution is 2.44. The summed E-state index contributed by atoms with van der Waals surface area (Å²) in [5.41, 5.74) is 0.320. The predicted molar refractivity (Wildman–Crippen MR) is 134 cm³/mol. The number of para-hydroxylation sites is 2. The van der Waals surface area contributed by atoms with E-state index in [1.54, 1.807) is 37.3 Å². The molecule has 0 unspecified atom stereocenters. The van der Waals surface area contributed by atoms with Crippen molar-refractivity contribution in [3.63, 3.8) is 0 Å². The number of benzene rings is 3. The molecule has 0 spiro atoms. The molecule has 5 aromatic rings. The van der Waals surface area contributed by atoms with Crippen LogP contribution in [0.5, 0.6) is 0 Å². The van der Waals surface area contributed by atoms with Crippen molar-refractivity contribution in [2.24, 2.45) is 0 Å². The van der Waals surface area contributed by atoms with E-state index in [2.05, 4.69) is 20.4 Å². The average molecular weight is 524 g/mol. The Hall–Kier alpha value is -4.44. The molecule has 0 saturated heterocycles. The van der Waals surface area contributed by atoms with Gasteiger partial charge < -0.3 is 10.4 Å². The smallest absolute Gasteiger partial charge is 0.435 e. The standard InChI is InChI=1S/C26H17ClF3N5O2/c1-14-5-2-3-8-20(14)35-24(33-22-16(25(36)37)6-4-7-17(22)27)21(23(34-35)26(28,29)30)15-9-10-18-19(13-15)32-12-11-31-18/h2-13,33H,1H3,(H,36,37). The van der Waals surface area contributed by atoms with Gasteiger partial charge in [0.15, 0.2) is 5.69 Å². The first kappa shape index (κ1) is 24.3. The first-order chi connectivity index (χ1) is 17.6. The number of hydrogen-bond acceptors (Lipinski definition) is 5. The lowest BCUT2D eigenvalue weighted by molar-refractivity contribution is -0.140. The van der Waals surface area contributed by atoms with E-state index in [0.29, 0.717) is 22.3 Å². The summed E-state index contributed by atoms with van der Waals surface area (Å²) in [6.45, 7) is 1.73. The SMILES string of the molecule is Cc1ccccc1-n1nc(C(F)(F)F)c(-c2ccc3nccnc3c2)c1Nc1c(Cl)cccc1C(=O)O. The molecule has 5 rings (SSSR count). The lowest BCUT2D eigenvalue weighted by Crippen LogP contribution is -2.09. The highest BCUT2D eigenvalue weighted by atomic mass is 35.5. The molecule has 0 aliphatic heterocycles. The van der Waals surface area contributed by atoms with Gasteiger partial charge in [0.2, 0.25) is 0 Å². The van der Waals surface area contributed by atoms with Gasteiger partial charge >= 0.3 is 12.1 Å². The zero-order valence-corrected chi connectivity index (χ0v) is 19.8. The number of fused-ring (bicyclic) bond motifs is 1. The van der Waals surface area contributed by atoms with Crippen molar-refractivity contribution >= 4 is 40.1 Å². The summed E-state index contributed by atoms with van der Waals surface area (Å²) >= 11 is 6.33. The number of aryl methyl sites for hydroxylation is 1. The molecule has 0 aliphatic rings. The van der Waals surface area contributed by atoms with Crippen molar-refractivity contribution in [3.8, 4) is 16.8 Å². The van der Waals surface area contributed by atoms with E-state index >= 15 is 0 Å². The molecule has 186 valence electrons. The second-order valence-corrected chi connectivity index (χ2v) is 8.53. The van der Waals surface area contributed by atoms with Gasteiger partial charge in [-0.3, -0.25) is 9.97 Å². The molecule has 2 N–H and O–H groups in total. The number of halogens is 4. The van der Waals surface area contributed by atoms with Gasteiger partial charge in [-0.05, 0) is 48.4 Å². The summed E-state index contributed by atoms with van der Waals surface area (Å²) in [7, 11) is 0. The lowest BCUT2D eigenvalue weighted by atomic mass is 10.0. The van der Waals surface area contributed by atoms with E-state index in [-0.39, 0.29) is 33.2 Å². The molecule has 11 heteroatoms. The molecular formula is C26H17ClF3N5O2. The van der Waals surface area contributed by atoms with Gasteiger partial charge in [0.25, 0.3) is 0 Å². The minimum atomic E-state index is -4.84. The Morgan fingerprint density at radius 3 is 2.43 bits per heavy atom. The topological polar surface area (TPSA) is 92.9 Å². The third kappa shape index (κ3) is 4.47. The second kappa shape index (κ2) is 9.21. The van der Waals surface area contributed by atoms with Crippen molar-refractivity contribution in [3.05, 3.63) is 94.9 Å². The van der Waals surface area contributed by atoms with Gasteiger partial charge in [0.05, 0.1) is 38.6 Å². The zero-order valence-electron chi connectivity index (χ0n) is 19.1. The number of aromatic nitrogens is 4. The van der Waals surface area contributed by atoms with Gasteiger partial charge in [0.1, 0.15) is 5.82 Å². The minimum Gasteiger partial charge on any atom is -0.478 e. The molecule has 0 aliphatic carbocycles. The molecule has 0 saturated carbocycles. The molecule has 37 heavy (non-hydrogen) atoms. The number of carboxylic acid groups (broad SMARTS) is 1. The van der Waals surface area contributed by atoms with Crippen LogP contribution in [0.1, 0.15) is 21.6 Å². The maximum atomic E-state index is 14.4. The number of hydrogen-bond donors (Lipinski definition) is 2. The third-order valence-corrected chi connectivity index (χ3v) is 6.06. The van der Waals surface area contributed by atoms with Gasteiger partial charge in [-0.25, -0.2) is 9.48 Å². The largest absolute Gasteiger partial charge is 0.478 e. The van der Waals surface area contributed by atoms with Crippen LogP contribution in [0, 0.1) is 6.92 Å². The fourth-order valence-electron chi connectivity index (χ4n) is 4.05.